The van der Waals surface area contributed by atoms with Crippen LogP contribution in [0.3, 0.4) is 0 Å². The molecule has 0 amide bonds. The SMILES string of the molecule is CCC(=O)Oc1csc(N(CC(F)(F)F)C2CCOC2)n1. The van der Waals surface area contributed by atoms with Crippen molar-refractivity contribution in [1.82, 2.24) is 4.98 Å². The van der Waals surface area contributed by atoms with Crippen molar-refractivity contribution in [2.75, 3.05) is 24.7 Å². The van der Waals surface area contributed by atoms with Crippen LogP contribution >= 0.6 is 11.3 Å². The highest BCUT2D eigenvalue weighted by Gasteiger charge is 2.36. The van der Waals surface area contributed by atoms with E-state index in [1.807, 2.05) is 0 Å². The Morgan fingerprint density at radius 3 is 2.95 bits per heavy atom. The second-order valence-electron chi connectivity index (χ2n) is 4.56. The molecule has 1 aromatic rings. The number of nitrogens with zero attached hydrogens (tertiary/aromatic N) is 2. The molecule has 0 radical (unpaired) electrons. The molecule has 21 heavy (non-hydrogen) atoms. The first kappa shape index (κ1) is 16.0. The predicted molar refractivity (Wildman–Crippen MR) is 70.7 cm³/mol. The molecule has 1 atom stereocenters. The fourth-order valence-corrected chi connectivity index (χ4v) is 2.73. The summed E-state index contributed by atoms with van der Waals surface area (Å²) < 4.78 is 48.2. The minimum absolute atomic E-state index is 0.0351. The molecule has 118 valence electrons. The molecule has 5 nitrogen and oxygen atoms in total. The molecule has 1 saturated heterocycles. The van der Waals surface area contributed by atoms with Gasteiger partial charge in [0.25, 0.3) is 0 Å². The number of rotatable bonds is 5. The largest absolute Gasteiger partial charge is 0.406 e. The molecule has 9 heteroatoms. The number of anilines is 1. The Hall–Kier alpha value is -1.35. The number of hydrogen-bond acceptors (Lipinski definition) is 6. The number of esters is 1. The molecular weight excluding hydrogens is 309 g/mol. The van der Waals surface area contributed by atoms with E-state index in [4.69, 9.17) is 9.47 Å². The molecule has 0 saturated carbocycles. The number of aromatic nitrogens is 1. The number of carbonyl (C=O) groups excluding carboxylic acids is 1. The zero-order valence-electron chi connectivity index (χ0n) is 11.4. The van der Waals surface area contributed by atoms with Crippen molar-refractivity contribution in [2.45, 2.75) is 32.0 Å². The maximum Gasteiger partial charge on any atom is 0.406 e. The number of alkyl halides is 3. The van der Waals surface area contributed by atoms with Gasteiger partial charge in [-0.1, -0.05) is 6.92 Å². The lowest BCUT2D eigenvalue weighted by Crippen LogP contribution is -2.42. The molecule has 0 aliphatic carbocycles. The van der Waals surface area contributed by atoms with Gasteiger partial charge in [-0.05, 0) is 6.42 Å². The van der Waals surface area contributed by atoms with E-state index in [1.54, 1.807) is 6.92 Å². The third-order valence-electron chi connectivity index (χ3n) is 2.92. The summed E-state index contributed by atoms with van der Waals surface area (Å²) in [5, 5.41) is 1.61. The van der Waals surface area contributed by atoms with Gasteiger partial charge in [0, 0.05) is 13.0 Å². The quantitative estimate of drug-likeness (QED) is 0.779. The molecule has 1 aromatic heterocycles. The number of carbonyl (C=O) groups is 1. The molecule has 0 spiro atoms. The molecule has 2 rings (SSSR count). The van der Waals surface area contributed by atoms with Crippen LogP contribution in [-0.4, -0.2) is 42.9 Å². The summed E-state index contributed by atoms with van der Waals surface area (Å²) in [6.07, 6.45) is -3.65. The number of ether oxygens (including phenoxy) is 2. The van der Waals surface area contributed by atoms with Crippen molar-refractivity contribution in [3.05, 3.63) is 5.38 Å². The lowest BCUT2D eigenvalue weighted by atomic mass is 10.2. The lowest BCUT2D eigenvalue weighted by Gasteiger charge is -2.28. The maximum absolute atomic E-state index is 12.7. The Labute approximate surface area is 123 Å². The first-order chi connectivity index (χ1) is 9.89. The maximum atomic E-state index is 12.7. The van der Waals surface area contributed by atoms with Gasteiger partial charge in [0.15, 0.2) is 5.13 Å². The van der Waals surface area contributed by atoms with Gasteiger partial charge in [0.1, 0.15) is 6.54 Å². The normalized spacial score (nSPS) is 18.8. The molecule has 2 heterocycles. The summed E-state index contributed by atoms with van der Waals surface area (Å²) in [7, 11) is 0. The summed E-state index contributed by atoms with van der Waals surface area (Å²) in [4.78, 5) is 16.3. The van der Waals surface area contributed by atoms with Crippen LogP contribution in [0.1, 0.15) is 19.8 Å². The summed E-state index contributed by atoms with van der Waals surface area (Å²) in [6.45, 7) is 1.19. The number of halogens is 3. The van der Waals surface area contributed by atoms with E-state index >= 15 is 0 Å². The van der Waals surface area contributed by atoms with E-state index in [1.165, 1.54) is 10.3 Å². The molecule has 1 aliphatic heterocycles. The fourth-order valence-electron chi connectivity index (χ4n) is 1.93. The molecule has 0 aromatic carbocycles. The van der Waals surface area contributed by atoms with Gasteiger partial charge in [-0.3, -0.25) is 4.79 Å². The molecule has 0 N–H and O–H groups in total. The van der Waals surface area contributed by atoms with Crippen LogP contribution in [0.15, 0.2) is 5.38 Å². The van der Waals surface area contributed by atoms with Crippen LogP contribution < -0.4 is 9.64 Å². The van der Waals surface area contributed by atoms with Crippen molar-refractivity contribution >= 4 is 22.4 Å². The van der Waals surface area contributed by atoms with Gasteiger partial charge < -0.3 is 14.4 Å². The van der Waals surface area contributed by atoms with Gasteiger partial charge in [0.2, 0.25) is 5.88 Å². The zero-order valence-corrected chi connectivity index (χ0v) is 12.2. The smallest absolute Gasteiger partial charge is 0.406 e. The standard InChI is InChI=1S/C12H15F3N2O3S/c1-2-10(18)20-9-6-21-11(16-9)17(7-12(13,14)15)8-3-4-19-5-8/h6,8H,2-5,7H2,1H3. The van der Waals surface area contributed by atoms with Gasteiger partial charge in [-0.15, -0.1) is 11.3 Å². The van der Waals surface area contributed by atoms with Crippen LogP contribution in [0.5, 0.6) is 5.88 Å². The van der Waals surface area contributed by atoms with Crippen molar-refractivity contribution < 1.29 is 27.4 Å². The van der Waals surface area contributed by atoms with Crippen LogP contribution in [-0.2, 0) is 9.53 Å². The van der Waals surface area contributed by atoms with Crippen LogP contribution in [0.4, 0.5) is 18.3 Å². The monoisotopic (exact) mass is 324 g/mol. The van der Waals surface area contributed by atoms with Gasteiger partial charge in [0.05, 0.1) is 18.0 Å². The first-order valence-corrected chi connectivity index (χ1v) is 7.34. The van der Waals surface area contributed by atoms with E-state index < -0.39 is 18.7 Å². The Morgan fingerprint density at radius 1 is 1.62 bits per heavy atom. The summed E-state index contributed by atoms with van der Waals surface area (Å²) >= 11 is 1.02. The fraction of sp³-hybridized carbons (Fsp3) is 0.667. The van der Waals surface area contributed by atoms with Gasteiger partial charge in [-0.25, -0.2) is 0 Å². The highest BCUT2D eigenvalue weighted by molar-refractivity contribution is 7.13. The highest BCUT2D eigenvalue weighted by Crippen LogP contribution is 2.31. The second kappa shape index (κ2) is 6.61. The molecular formula is C12H15F3N2O3S. The van der Waals surface area contributed by atoms with E-state index in [-0.39, 0.29) is 30.1 Å². The Balaban J connectivity index is 2.14. The minimum Gasteiger partial charge on any atom is -0.406 e. The zero-order chi connectivity index (χ0) is 15.5. The molecule has 1 fully saturated rings. The van der Waals surface area contributed by atoms with Crippen LogP contribution in [0.2, 0.25) is 0 Å². The topological polar surface area (TPSA) is 51.7 Å². The average molecular weight is 324 g/mol. The third-order valence-corrected chi connectivity index (χ3v) is 3.78. The van der Waals surface area contributed by atoms with E-state index in [9.17, 15) is 18.0 Å². The minimum atomic E-state index is -4.34. The molecule has 1 unspecified atom stereocenters. The van der Waals surface area contributed by atoms with Gasteiger partial charge >= 0.3 is 12.1 Å². The Kier molecular flexibility index (Phi) is 5.04. The Bertz CT molecular complexity index is 486. The summed E-state index contributed by atoms with van der Waals surface area (Å²) in [6, 6.07) is -0.368. The molecule has 1 aliphatic rings. The number of hydrogen-bond donors (Lipinski definition) is 0. The third kappa shape index (κ3) is 4.57. The van der Waals surface area contributed by atoms with Crippen molar-refractivity contribution in [3.8, 4) is 5.88 Å². The molecule has 0 bridgehead atoms. The van der Waals surface area contributed by atoms with Gasteiger partial charge in [-0.2, -0.15) is 18.2 Å². The predicted octanol–water partition coefficient (Wildman–Crippen LogP) is 2.62. The second-order valence-corrected chi connectivity index (χ2v) is 5.39. The van der Waals surface area contributed by atoms with Crippen LogP contribution in [0, 0.1) is 0 Å². The van der Waals surface area contributed by atoms with Crippen LogP contribution in [0.25, 0.3) is 0 Å². The number of thiazole rings is 1. The van der Waals surface area contributed by atoms with E-state index in [0.717, 1.165) is 11.3 Å². The average Bonchev–Trinajstić information content (AvgIpc) is 3.06. The first-order valence-electron chi connectivity index (χ1n) is 6.46. The highest BCUT2D eigenvalue weighted by atomic mass is 32.1. The lowest BCUT2D eigenvalue weighted by molar-refractivity contribution is -0.134. The van der Waals surface area contributed by atoms with E-state index in [2.05, 4.69) is 4.98 Å². The van der Waals surface area contributed by atoms with E-state index in [0.29, 0.717) is 13.0 Å². The van der Waals surface area contributed by atoms with Crippen molar-refractivity contribution in [3.63, 3.8) is 0 Å². The Morgan fingerprint density at radius 2 is 2.38 bits per heavy atom. The summed E-state index contributed by atoms with van der Waals surface area (Å²) in [5.74, 6) is -0.439. The summed E-state index contributed by atoms with van der Waals surface area (Å²) in [5.41, 5.74) is 0. The van der Waals surface area contributed by atoms with Crippen molar-refractivity contribution in [1.29, 1.82) is 0 Å². The van der Waals surface area contributed by atoms with Crippen molar-refractivity contribution in [2.24, 2.45) is 0 Å².